The van der Waals surface area contributed by atoms with Crippen molar-refractivity contribution >= 4 is 5.91 Å². The molecule has 1 aliphatic heterocycles. The summed E-state index contributed by atoms with van der Waals surface area (Å²) in [5, 5.41) is 14.7. The lowest BCUT2D eigenvalue weighted by molar-refractivity contribution is -0.136. The molecule has 1 unspecified atom stereocenters. The summed E-state index contributed by atoms with van der Waals surface area (Å²) in [6.45, 7) is 5.50. The third-order valence-corrected chi connectivity index (χ3v) is 2.63. The molecule has 1 rings (SSSR count). The Bertz CT molecular complexity index is 213. The van der Waals surface area contributed by atoms with E-state index in [0.717, 1.165) is 19.5 Å². The molecule has 0 aromatic heterocycles. The first-order chi connectivity index (χ1) is 7.09. The van der Waals surface area contributed by atoms with Gasteiger partial charge in [0, 0.05) is 13.1 Å². The molecular formula is C10H20N2O3. The number of rotatable bonds is 6. The zero-order chi connectivity index (χ0) is 11.3. The highest BCUT2D eigenvalue weighted by atomic mass is 16.5. The predicted molar refractivity (Wildman–Crippen MR) is 56.5 cm³/mol. The number of ether oxygens (including phenoxy) is 1. The predicted octanol–water partition coefficient (Wildman–Crippen LogP) is -0.748. The number of carbonyl (C=O) groups is 1. The number of amides is 1. The van der Waals surface area contributed by atoms with Crippen LogP contribution < -0.4 is 10.6 Å². The Hall–Kier alpha value is -0.650. The second kappa shape index (κ2) is 5.44. The SMILES string of the molecule is CCC(CO)NC(=O)COC1(C)CNC1. The largest absolute Gasteiger partial charge is 0.394 e. The van der Waals surface area contributed by atoms with Crippen molar-refractivity contribution in [3.63, 3.8) is 0 Å². The van der Waals surface area contributed by atoms with Crippen LogP contribution in [0.5, 0.6) is 0 Å². The maximum absolute atomic E-state index is 11.4. The Morgan fingerprint density at radius 2 is 2.33 bits per heavy atom. The molecular weight excluding hydrogens is 196 g/mol. The molecule has 0 saturated carbocycles. The number of aliphatic hydroxyl groups is 1. The van der Waals surface area contributed by atoms with Crippen LogP contribution >= 0.6 is 0 Å². The van der Waals surface area contributed by atoms with Gasteiger partial charge in [-0.15, -0.1) is 0 Å². The van der Waals surface area contributed by atoms with Gasteiger partial charge in [-0.2, -0.15) is 0 Å². The van der Waals surface area contributed by atoms with Gasteiger partial charge < -0.3 is 20.5 Å². The van der Waals surface area contributed by atoms with E-state index in [4.69, 9.17) is 9.84 Å². The minimum absolute atomic E-state index is 0.0267. The first kappa shape index (κ1) is 12.4. The second-order valence-electron chi connectivity index (χ2n) is 4.20. The lowest BCUT2D eigenvalue weighted by Gasteiger charge is -2.38. The Kier molecular flexibility index (Phi) is 4.50. The van der Waals surface area contributed by atoms with Crippen molar-refractivity contribution in [1.29, 1.82) is 0 Å². The van der Waals surface area contributed by atoms with Crippen molar-refractivity contribution in [2.75, 3.05) is 26.3 Å². The third kappa shape index (κ3) is 3.77. The van der Waals surface area contributed by atoms with Gasteiger partial charge in [0.15, 0.2) is 0 Å². The maximum atomic E-state index is 11.4. The van der Waals surface area contributed by atoms with E-state index >= 15 is 0 Å². The summed E-state index contributed by atoms with van der Waals surface area (Å²) in [6, 6.07) is -0.159. The van der Waals surface area contributed by atoms with Gasteiger partial charge in [-0.25, -0.2) is 0 Å². The summed E-state index contributed by atoms with van der Waals surface area (Å²) in [6.07, 6.45) is 0.723. The molecule has 1 heterocycles. The zero-order valence-corrected chi connectivity index (χ0v) is 9.38. The molecule has 0 aromatic rings. The molecule has 0 spiro atoms. The fourth-order valence-corrected chi connectivity index (χ4v) is 1.37. The molecule has 88 valence electrons. The van der Waals surface area contributed by atoms with Crippen molar-refractivity contribution in [2.24, 2.45) is 0 Å². The second-order valence-corrected chi connectivity index (χ2v) is 4.20. The zero-order valence-electron chi connectivity index (χ0n) is 9.38. The van der Waals surface area contributed by atoms with Crippen molar-refractivity contribution in [2.45, 2.75) is 31.9 Å². The minimum atomic E-state index is -0.196. The van der Waals surface area contributed by atoms with Crippen LogP contribution in [0.4, 0.5) is 0 Å². The van der Waals surface area contributed by atoms with E-state index in [-0.39, 0.29) is 30.8 Å². The summed E-state index contributed by atoms with van der Waals surface area (Å²) < 4.78 is 5.46. The van der Waals surface area contributed by atoms with Crippen molar-refractivity contribution in [3.05, 3.63) is 0 Å². The normalized spacial score (nSPS) is 20.5. The summed E-state index contributed by atoms with van der Waals surface area (Å²) in [4.78, 5) is 11.4. The van der Waals surface area contributed by atoms with E-state index in [1.807, 2.05) is 13.8 Å². The van der Waals surface area contributed by atoms with Gasteiger partial charge >= 0.3 is 0 Å². The molecule has 0 bridgehead atoms. The summed E-state index contributed by atoms with van der Waals surface area (Å²) in [5.41, 5.74) is -0.196. The number of nitrogens with one attached hydrogen (secondary N) is 2. The standard InChI is InChI=1S/C10H20N2O3/c1-3-8(4-13)12-9(14)5-15-10(2)6-11-7-10/h8,11,13H,3-7H2,1-2H3,(H,12,14). The van der Waals surface area contributed by atoms with Gasteiger partial charge in [0.1, 0.15) is 6.61 Å². The molecule has 1 fully saturated rings. The van der Waals surface area contributed by atoms with E-state index in [2.05, 4.69) is 10.6 Å². The Balaban J connectivity index is 2.18. The van der Waals surface area contributed by atoms with Crippen LogP contribution in [0.1, 0.15) is 20.3 Å². The highest BCUT2D eigenvalue weighted by Gasteiger charge is 2.33. The number of aliphatic hydroxyl groups excluding tert-OH is 1. The van der Waals surface area contributed by atoms with Crippen LogP contribution in [0.3, 0.4) is 0 Å². The lowest BCUT2D eigenvalue weighted by Crippen LogP contribution is -2.59. The molecule has 0 aromatic carbocycles. The number of hydrogen-bond acceptors (Lipinski definition) is 4. The highest BCUT2D eigenvalue weighted by molar-refractivity contribution is 5.77. The van der Waals surface area contributed by atoms with Gasteiger partial charge in [-0.05, 0) is 13.3 Å². The van der Waals surface area contributed by atoms with Crippen molar-refractivity contribution in [3.8, 4) is 0 Å². The van der Waals surface area contributed by atoms with E-state index in [1.54, 1.807) is 0 Å². The van der Waals surface area contributed by atoms with Crippen LogP contribution in [0.25, 0.3) is 0 Å². The quantitative estimate of drug-likeness (QED) is 0.546. The van der Waals surface area contributed by atoms with E-state index < -0.39 is 0 Å². The Morgan fingerprint density at radius 1 is 1.67 bits per heavy atom. The molecule has 1 atom stereocenters. The van der Waals surface area contributed by atoms with Crippen molar-refractivity contribution in [1.82, 2.24) is 10.6 Å². The Morgan fingerprint density at radius 3 is 2.73 bits per heavy atom. The molecule has 1 amide bonds. The molecule has 0 radical (unpaired) electrons. The monoisotopic (exact) mass is 216 g/mol. The summed E-state index contributed by atoms with van der Waals surface area (Å²) in [7, 11) is 0. The van der Waals surface area contributed by atoms with Gasteiger partial charge in [-0.1, -0.05) is 6.92 Å². The molecule has 15 heavy (non-hydrogen) atoms. The van der Waals surface area contributed by atoms with E-state index in [1.165, 1.54) is 0 Å². The van der Waals surface area contributed by atoms with Crippen LogP contribution in [0.15, 0.2) is 0 Å². The molecule has 1 saturated heterocycles. The highest BCUT2D eigenvalue weighted by Crippen LogP contribution is 2.14. The number of hydrogen-bond donors (Lipinski definition) is 3. The first-order valence-electron chi connectivity index (χ1n) is 5.34. The fraction of sp³-hybridized carbons (Fsp3) is 0.900. The number of carbonyl (C=O) groups excluding carboxylic acids is 1. The molecule has 5 nitrogen and oxygen atoms in total. The average molecular weight is 216 g/mol. The molecule has 3 N–H and O–H groups in total. The van der Waals surface area contributed by atoms with Gasteiger partial charge in [0.25, 0.3) is 0 Å². The van der Waals surface area contributed by atoms with Gasteiger partial charge in [0.2, 0.25) is 5.91 Å². The molecule has 5 heteroatoms. The molecule has 0 aliphatic carbocycles. The Labute approximate surface area is 90.2 Å². The average Bonchev–Trinajstić information content (AvgIpc) is 2.20. The minimum Gasteiger partial charge on any atom is -0.394 e. The van der Waals surface area contributed by atoms with Crippen LogP contribution in [-0.2, 0) is 9.53 Å². The van der Waals surface area contributed by atoms with Crippen LogP contribution in [-0.4, -0.2) is 49.0 Å². The molecule has 1 aliphatic rings. The van der Waals surface area contributed by atoms with Crippen LogP contribution in [0, 0.1) is 0 Å². The third-order valence-electron chi connectivity index (χ3n) is 2.63. The maximum Gasteiger partial charge on any atom is 0.246 e. The van der Waals surface area contributed by atoms with Gasteiger partial charge in [0.05, 0.1) is 18.2 Å². The fourth-order valence-electron chi connectivity index (χ4n) is 1.37. The topological polar surface area (TPSA) is 70.6 Å². The van der Waals surface area contributed by atoms with Gasteiger partial charge in [-0.3, -0.25) is 4.79 Å². The summed E-state index contributed by atoms with van der Waals surface area (Å²) in [5.74, 6) is -0.163. The van der Waals surface area contributed by atoms with E-state index in [9.17, 15) is 4.79 Å². The lowest BCUT2D eigenvalue weighted by atomic mass is 10.0. The van der Waals surface area contributed by atoms with Crippen LogP contribution in [0.2, 0.25) is 0 Å². The van der Waals surface area contributed by atoms with E-state index in [0.29, 0.717) is 0 Å². The smallest absolute Gasteiger partial charge is 0.246 e. The first-order valence-corrected chi connectivity index (χ1v) is 5.34. The summed E-state index contributed by atoms with van der Waals surface area (Å²) >= 11 is 0. The van der Waals surface area contributed by atoms with Crippen molar-refractivity contribution < 1.29 is 14.6 Å².